The molecule has 5 nitrogen and oxygen atoms in total. The van der Waals surface area contributed by atoms with Crippen LogP contribution < -0.4 is 15.6 Å². The van der Waals surface area contributed by atoms with Crippen molar-refractivity contribution < 1.29 is 9.53 Å². The first kappa shape index (κ1) is 18.2. The summed E-state index contributed by atoms with van der Waals surface area (Å²) in [5.41, 5.74) is 1.77. The molecule has 1 heterocycles. The molecule has 0 unspecified atom stereocenters. The van der Waals surface area contributed by atoms with E-state index in [2.05, 4.69) is 5.32 Å². The molecule has 0 atom stereocenters. The zero-order valence-electron chi connectivity index (χ0n) is 15.0. The fourth-order valence-corrected chi connectivity index (χ4v) is 2.59. The summed E-state index contributed by atoms with van der Waals surface area (Å²) in [6.07, 6.45) is 3.29. The quantitative estimate of drug-likeness (QED) is 0.687. The van der Waals surface area contributed by atoms with Crippen LogP contribution in [0.5, 0.6) is 5.75 Å². The number of nitrogens with one attached hydrogen (secondary N) is 1. The van der Waals surface area contributed by atoms with Gasteiger partial charge in [-0.05, 0) is 35.4 Å². The summed E-state index contributed by atoms with van der Waals surface area (Å²) in [5.74, 6) is 0.425. The van der Waals surface area contributed by atoms with E-state index < -0.39 is 0 Å². The van der Waals surface area contributed by atoms with Gasteiger partial charge in [0, 0.05) is 18.8 Å². The predicted molar refractivity (Wildman–Crippen MR) is 106 cm³/mol. The minimum absolute atomic E-state index is 0.264. The van der Waals surface area contributed by atoms with Crippen molar-refractivity contribution in [3.05, 3.63) is 100 Å². The highest BCUT2D eigenvalue weighted by Crippen LogP contribution is 2.13. The third-order valence-corrected chi connectivity index (χ3v) is 4.03. The molecule has 1 N–H and O–H groups in total. The Bertz CT molecular complexity index is 990. The maximum atomic E-state index is 12.8. The van der Waals surface area contributed by atoms with Crippen molar-refractivity contribution in [3.63, 3.8) is 0 Å². The lowest BCUT2D eigenvalue weighted by molar-refractivity contribution is -0.116. The Morgan fingerprint density at radius 1 is 1.00 bits per heavy atom. The van der Waals surface area contributed by atoms with Crippen LogP contribution in [0.3, 0.4) is 0 Å². The molecule has 0 fully saturated rings. The Morgan fingerprint density at radius 2 is 1.70 bits per heavy atom. The summed E-state index contributed by atoms with van der Waals surface area (Å²) < 4.78 is 6.48. The van der Waals surface area contributed by atoms with Gasteiger partial charge in [0.15, 0.2) is 0 Å². The normalized spacial score (nSPS) is 11.1. The zero-order valence-corrected chi connectivity index (χ0v) is 15.0. The average molecular weight is 360 g/mol. The molecule has 2 aromatic carbocycles. The Hall–Kier alpha value is -3.60. The number of rotatable bonds is 6. The highest BCUT2D eigenvalue weighted by atomic mass is 16.5. The maximum Gasteiger partial charge on any atom is 0.268 e. The molecule has 0 aliphatic carbocycles. The van der Waals surface area contributed by atoms with Crippen molar-refractivity contribution in [1.29, 1.82) is 0 Å². The molecule has 5 heteroatoms. The van der Waals surface area contributed by atoms with Gasteiger partial charge >= 0.3 is 0 Å². The highest BCUT2D eigenvalue weighted by molar-refractivity contribution is 6.18. The lowest BCUT2D eigenvalue weighted by atomic mass is 10.1. The van der Waals surface area contributed by atoms with Gasteiger partial charge in [-0.25, -0.2) is 0 Å². The zero-order chi connectivity index (χ0) is 19.1. The summed E-state index contributed by atoms with van der Waals surface area (Å²) in [5, 5.41) is 2.87. The van der Waals surface area contributed by atoms with Gasteiger partial charge in [-0.15, -0.1) is 0 Å². The number of amides is 1. The second-order valence-electron chi connectivity index (χ2n) is 5.88. The number of carbonyl (C=O) groups is 1. The summed E-state index contributed by atoms with van der Waals surface area (Å²) in [6, 6.07) is 21.7. The molecule has 0 spiro atoms. The van der Waals surface area contributed by atoms with E-state index in [1.54, 1.807) is 31.5 Å². The standard InChI is InChI=1S/C22H20N2O3/c1-27-19-12-10-18(11-13-19)16-23-22(26)20(15-17-7-3-2-4-8-17)24-14-6-5-9-21(24)25/h2-15H,16H2,1H3,(H,23,26)/b20-15+. The average Bonchev–Trinajstić information content (AvgIpc) is 2.72. The van der Waals surface area contributed by atoms with E-state index in [0.29, 0.717) is 6.54 Å². The summed E-state index contributed by atoms with van der Waals surface area (Å²) in [7, 11) is 1.61. The molecule has 3 rings (SSSR count). The van der Waals surface area contributed by atoms with Crippen LogP contribution in [0.25, 0.3) is 11.8 Å². The van der Waals surface area contributed by atoms with Gasteiger partial charge in [0.25, 0.3) is 11.5 Å². The first-order valence-corrected chi connectivity index (χ1v) is 8.53. The van der Waals surface area contributed by atoms with Crippen LogP contribution in [-0.2, 0) is 11.3 Å². The molecule has 0 saturated heterocycles. The molecular weight excluding hydrogens is 340 g/mol. The number of pyridine rings is 1. The van der Waals surface area contributed by atoms with Crippen molar-refractivity contribution in [2.75, 3.05) is 7.11 Å². The lowest BCUT2D eigenvalue weighted by Gasteiger charge is -2.12. The van der Waals surface area contributed by atoms with Crippen molar-refractivity contribution in [1.82, 2.24) is 9.88 Å². The molecule has 0 aliphatic rings. The number of ether oxygens (including phenoxy) is 1. The fraction of sp³-hybridized carbons (Fsp3) is 0.0909. The van der Waals surface area contributed by atoms with Crippen LogP contribution in [0.2, 0.25) is 0 Å². The van der Waals surface area contributed by atoms with Crippen molar-refractivity contribution in [2.24, 2.45) is 0 Å². The molecule has 27 heavy (non-hydrogen) atoms. The van der Waals surface area contributed by atoms with Crippen molar-refractivity contribution >= 4 is 17.7 Å². The molecule has 3 aromatic rings. The first-order chi connectivity index (χ1) is 13.2. The Morgan fingerprint density at radius 3 is 2.37 bits per heavy atom. The second-order valence-corrected chi connectivity index (χ2v) is 5.88. The molecule has 1 aromatic heterocycles. The number of carbonyl (C=O) groups excluding carboxylic acids is 1. The summed E-state index contributed by atoms with van der Waals surface area (Å²) in [4.78, 5) is 25.1. The fourth-order valence-electron chi connectivity index (χ4n) is 2.59. The van der Waals surface area contributed by atoms with Crippen molar-refractivity contribution in [2.45, 2.75) is 6.54 Å². The van der Waals surface area contributed by atoms with Crippen LogP contribution in [0, 0.1) is 0 Å². The van der Waals surface area contributed by atoms with E-state index in [0.717, 1.165) is 16.9 Å². The monoisotopic (exact) mass is 360 g/mol. The third-order valence-electron chi connectivity index (χ3n) is 4.03. The van der Waals surface area contributed by atoms with E-state index in [4.69, 9.17) is 4.74 Å². The van der Waals surface area contributed by atoms with E-state index in [1.165, 1.54) is 10.6 Å². The lowest BCUT2D eigenvalue weighted by Crippen LogP contribution is -2.30. The van der Waals surface area contributed by atoms with Crippen LogP contribution >= 0.6 is 0 Å². The largest absolute Gasteiger partial charge is 0.497 e. The molecule has 136 valence electrons. The SMILES string of the molecule is COc1ccc(CNC(=O)/C(=C\c2ccccc2)n2ccccc2=O)cc1. The molecule has 0 radical (unpaired) electrons. The summed E-state index contributed by atoms with van der Waals surface area (Å²) >= 11 is 0. The number of nitrogens with zero attached hydrogens (tertiary/aromatic N) is 1. The predicted octanol–water partition coefficient (Wildman–Crippen LogP) is 3.17. The number of aromatic nitrogens is 1. The van der Waals surface area contributed by atoms with Crippen molar-refractivity contribution in [3.8, 4) is 5.75 Å². The third kappa shape index (κ3) is 4.73. The molecule has 0 saturated carbocycles. The van der Waals surface area contributed by atoms with E-state index in [1.807, 2.05) is 54.6 Å². The Balaban J connectivity index is 1.86. The minimum atomic E-state index is -0.331. The van der Waals surface area contributed by atoms with Gasteiger partial charge in [0.1, 0.15) is 11.4 Å². The topological polar surface area (TPSA) is 60.3 Å². The molecule has 0 aliphatic heterocycles. The van der Waals surface area contributed by atoms with E-state index >= 15 is 0 Å². The smallest absolute Gasteiger partial charge is 0.268 e. The molecule has 1 amide bonds. The minimum Gasteiger partial charge on any atom is -0.497 e. The van der Waals surface area contributed by atoms with Gasteiger partial charge in [-0.1, -0.05) is 48.5 Å². The van der Waals surface area contributed by atoms with E-state index in [-0.39, 0.29) is 17.2 Å². The summed E-state index contributed by atoms with van der Waals surface area (Å²) in [6.45, 7) is 0.344. The second kappa shape index (κ2) is 8.67. The Kier molecular flexibility index (Phi) is 5.84. The van der Waals surface area contributed by atoms with Crippen LogP contribution in [0.15, 0.2) is 83.8 Å². The van der Waals surface area contributed by atoms with Gasteiger partial charge in [0.05, 0.1) is 7.11 Å². The van der Waals surface area contributed by atoms with Gasteiger partial charge < -0.3 is 10.1 Å². The number of benzene rings is 2. The van der Waals surface area contributed by atoms with Gasteiger partial charge in [-0.3, -0.25) is 14.2 Å². The number of hydrogen-bond acceptors (Lipinski definition) is 3. The molecular formula is C22H20N2O3. The van der Waals surface area contributed by atoms with Crippen LogP contribution in [0.1, 0.15) is 11.1 Å². The van der Waals surface area contributed by atoms with Gasteiger partial charge in [0.2, 0.25) is 0 Å². The number of methoxy groups -OCH3 is 1. The van der Waals surface area contributed by atoms with E-state index in [9.17, 15) is 9.59 Å². The Labute approximate surface area is 157 Å². The highest BCUT2D eigenvalue weighted by Gasteiger charge is 2.13. The maximum absolute atomic E-state index is 12.8. The van der Waals surface area contributed by atoms with Gasteiger partial charge in [-0.2, -0.15) is 0 Å². The van der Waals surface area contributed by atoms with Crippen LogP contribution in [-0.4, -0.2) is 17.6 Å². The van der Waals surface area contributed by atoms with Crippen LogP contribution in [0.4, 0.5) is 0 Å². The number of hydrogen-bond donors (Lipinski definition) is 1. The first-order valence-electron chi connectivity index (χ1n) is 8.53. The molecule has 0 bridgehead atoms.